The lowest BCUT2D eigenvalue weighted by molar-refractivity contribution is 0.410. The average molecular weight is 250 g/mol. The van der Waals surface area contributed by atoms with Crippen LogP contribution < -0.4 is 10.6 Å². The third kappa shape index (κ3) is 2.60. The summed E-state index contributed by atoms with van der Waals surface area (Å²) in [4.78, 5) is 0. The lowest BCUT2D eigenvalue weighted by Gasteiger charge is -2.20. The Kier molecular flexibility index (Phi) is 3.44. The van der Waals surface area contributed by atoms with Gasteiger partial charge in [0.1, 0.15) is 0 Å². The van der Waals surface area contributed by atoms with Crippen LogP contribution in [0.1, 0.15) is 46.5 Å². The van der Waals surface area contributed by atoms with Crippen LogP contribution in [0.4, 0.5) is 0 Å². The Hall–Kier alpha value is -0.0800. The maximum absolute atomic E-state index is 3.69. The molecule has 0 saturated heterocycles. The van der Waals surface area contributed by atoms with Gasteiger partial charge in [0.15, 0.2) is 0 Å². The second kappa shape index (κ2) is 4.79. The fraction of sp³-hybridized carbons (Fsp3) is 1.00. The van der Waals surface area contributed by atoms with Crippen LogP contribution in [0.15, 0.2) is 0 Å². The minimum absolute atomic E-state index is 0.271. The van der Waals surface area contributed by atoms with Crippen LogP contribution in [0, 0.1) is 29.6 Å². The molecule has 4 atom stereocenters. The third-order valence-corrected chi connectivity index (χ3v) is 5.46. The molecule has 0 amide bonds. The van der Waals surface area contributed by atoms with Crippen molar-refractivity contribution in [1.82, 2.24) is 10.6 Å². The summed E-state index contributed by atoms with van der Waals surface area (Å²) in [5, 5.41) is 7.24. The standard InChI is InChI=1S/C16H30N2/c1-16(2,3)18-8-4-7-17-10-13-14-11-5-6-12(9-11)15(13)14/h11-15,17-18H,4-10H2,1-3H3. The first-order chi connectivity index (χ1) is 8.56. The summed E-state index contributed by atoms with van der Waals surface area (Å²) in [5.74, 6) is 5.61. The van der Waals surface area contributed by atoms with Gasteiger partial charge in [-0.1, -0.05) is 0 Å². The monoisotopic (exact) mass is 250 g/mol. The molecule has 2 nitrogen and oxygen atoms in total. The molecule has 4 unspecified atom stereocenters. The molecule has 0 aliphatic heterocycles. The van der Waals surface area contributed by atoms with Crippen LogP contribution >= 0.6 is 0 Å². The van der Waals surface area contributed by atoms with Gasteiger partial charge in [-0.3, -0.25) is 0 Å². The predicted octanol–water partition coefficient (Wildman–Crippen LogP) is 2.65. The van der Waals surface area contributed by atoms with Gasteiger partial charge in [0.25, 0.3) is 0 Å². The van der Waals surface area contributed by atoms with E-state index in [4.69, 9.17) is 0 Å². The van der Waals surface area contributed by atoms with E-state index in [-0.39, 0.29) is 5.54 Å². The quantitative estimate of drug-likeness (QED) is 0.708. The summed E-state index contributed by atoms with van der Waals surface area (Å²) in [6, 6.07) is 0. The second-order valence-electron chi connectivity index (χ2n) is 7.89. The summed E-state index contributed by atoms with van der Waals surface area (Å²) < 4.78 is 0. The SMILES string of the molecule is CC(C)(C)NCCCNCC1C2C3CCC(C3)C12. The van der Waals surface area contributed by atoms with E-state index < -0.39 is 0 Å². The van der Waals surface area contributed by atoms with Gasteiger partial charge in [-0.25, -0.2) is 0 Å². The molecule has 0 heterocycles. The molecule has 3 aliphatic rings. The number of hydrogen-bond donors (Lipinski definition) is 2. The summed E-state index contributed by atoms with van der Waals surface area (Å²) in [5.41, 5.74) is 0.271. The second-order valence-corrected chi connectivity index (χ2v) is 7.89. The predicted molar refractivity (Wildman–Crippen MR) is 76.5 cm³/mol. The van der Waals surface area contributed by atoms with Gasteiger partial charge >= 0.3 is 0 Å². The zero-order valence-electron chi connectivity index (χ0n) is 12.3. The molecule has 18 heavy (non-hydrogen) atoms. The van der Waals surface area contributed by atoms with Gasteiger partial charge in [-0.15, -0.1) is 0 Å². The maximum atomic E-state index is 3.69. The number of hydrogen-bond acceptors (Lipinski definition) is 2. The van der Waals surface area contributed by atoms with Gasteiger partial charge in [0, 0.05) is 5.54 Å². The van der Waals surface area contributed by atoms with Crippen LogP contribution in [0.2, 0.25) is 0 Å². The molecule has 3 rings (SSSR count). The summed E-state index contributed by atoms with van der Waals surface area (Å²) in [6.07, 6.45) is 5.95. The molecule has 3 saturated carbocycles. The minimum atomic E-state index is 0.271. The molecule has 2 heteroatoms. The Labute approximate surface area is 112 Å². The Morgan fingerprint density at radius 2 is 1.67 bits per heavy atom. The number of fused-ring (bicyclic) bond motifs is 5. The number of nitrogens with one attached hydrogen (secondary N) is 2. The highest BCUT2D eigenvalue weighted by molar-refractivity contribution is 5.13. The van der Waals surface area contributed by atoms with E-state index in [0.29, 0.717) is 0 Å². The Bertz CT molecular complexity index is 278. The van der Waals surface area contributed by atoms with Crippen LogP contribution in [0.3, 0.4) is 0 Å². The van der Waals surface area contributed by atoms with E-state index in [1.807, 2.05) is 0 Å². The zero-order chi connectivity index (χ0) is 12.8. The highest BCUT2D eigenvalue weighted by Gasteiger charge is 2.64. The molecule has 0 aromatic carbocycles. The van der Waals surface area contributed by atoms with Crippen molar-refractivity contribution in [2.45, 2.75) is 52.0 Å². The number of rotatable bonds is 6. The molecule has 0 spiro atoms. The van der Waals surface area contributed by atoms with Crippen molar-refractivity contribution < 1.29 is 0 Å². The topological polar surface area (TPSA) is 24.1 Å². The van der Waals surface area contributed by atoms with Crippen molar-refractivity contribution in [3.8, 4) is 0 Å². The molecule has 3 fully saturated rings. The van der Waals surface area contributed by atoms with Gasteiger partial charge in [0.2, 0.25) is 0 Å². The normalized spacial score (nSPS) is 41.2. The van der Waals surface area contributed by atoms with Crippen LogP contribution in [-0.4, -0.2) is 25.2 Å². The van der Waals surface area contributed by atoms with E-state index in [1.54, 1.807) is 19.3 Å². The van der Waals surface area contributed by atoms with Crippen LogP contribution in [0.5, 0.6) is 0 Å². The van der Waals surface area contributed by atoms with Crippen molar-refractivity contribution in [2.24, 2.45) is 29.6 Å². The fourth-order valence-corrected chi connectivity index (χ4v) is 4.73. The van der Waals surface area contributed by atoms with Crippen LogP contribution in [-0.2, 0) is 0 Å². The van der Waals surface area contributed by atoms with E-state index in [1.165, 1.54) is 19.5 Å². The molecule has 0 aromatic heterocycles. The average Bonchev–Trinajstić information content (AvgIpc) is 2.68. The van der Waals surface area contributed by atoms with Crippen molar-refractivity contribution in [1.29, 1.82) is 0 Å². The molecule has 3 aliphatic carbocycles. The Morgan fingerprint density at radius 1 is 1.00 bits per heavy atom. The fourth-order valence-electron chi connectivity index (χ4n) is 4.73. The van der Waals surface area contributed by atoms with Crippen molar-refractivity contribution >= 4 is 0 Å². The lowest BCUT2D eigenvalue weighted by atomic mass is 10.0. The first-order valence-corrected chi connectivity index (χ1v) is 8.02. The molecule has 0 radical (unpaired) electrons. The van der Waals surface area contributed by atoms with E-state index in [2.05, 4.69) is 31.4 Å². The summed E-state index contributed by atoms with van der Waals surface area (Å²) in [6.45, 7) is 10.3. The van der Waals surface area contributed by atoms with Gasteiger partial charge in [0.05, 0.1) is 0 Å². The zero-order valence-corrected chi connectivity index (χ0v) is 12.3. The third-order valence-electron chi connectivity index (χ3n) is 5.46. The van der Waals surface area contributed by atoms with Crippen molar-refractivity contribution in [2.75, 3.05) is 19.6 Å². The molecule has 104 valence electrons. The van der Waals surface area contributed by atoms with Crippen molar-refractivity contribution in [3.63, 3.8) is 0 Å². The molecule has 2 N–H and O–H groups in total. The highest BCUT2D eigenvalue weighted by atomic mass is 15.0. The van der Waals surface area contributed by atoms with E-state index >= 15 is 0 Å². The lowest BCUT2D eigenvalue weighted by Crippen LogP contribution is -2.37. The maximum Gasteiger partial charge on any atom is 0.00965 e. The van der Waals surface area contributed by atoms with E-state index in [9.17, 15) is 0 Å². The first-order valence-electron chi connectivity index (χ1n) is 8.02. The highest BCUT2D eigenvalue weighted by Crippen LogP contribution is 2.69. The summed E-state index contributed by atoms with van der Waals surface area (Å²) in [7, 11) is 0. The van der Waals surface area contributed by atoms with Crippen LogP contribution in [0.25, 0.3) is 0 Å². The molecule has 0 aromatic rings. The van der Waals surface area contributed by atoms with E-state index in [0.717, 1.165) is 36.1 Å². The largest absolute Gasteiger partial charge is 0.316 e. The van der Waals surface area contributed by atoms with Gasteiger partial charge < -0.3 is 10.6 Å². The smallest absolute Gasteiger partial charge is 0.00965 e. The van der Waals surface area contributed by atoms with Gasteiger partial charge in [-0.05, 0) is 95.7 Å². The Balaban J connectivity index is 1.25. The molecule has 2 bridgehead atoms. The van der Waals surface area contributed by atoms with Crippen molar-refractivity contribution in [3.05, 3.63) is 0 Å². The molecular weight excluding hydrogens is 220 g/mol. The first kappa shape index (κ1) is 12.9. The molecular formula is C16H30N2. The Morgan fingerprint density at radius 3 is 2.28 bits per heavy atom. The van der Waals surface area contributed by atoms with Gasteiger partial charge in [-0.2, -0.15) is 0 Å². The summed E-state index contributed by atoms with van der Waals surface area (Å²) >= 11 is 0. The minimum Gasteiger partial charge on any atom is -0.316 e.